The molecule has 2 nitrogen and oxygen atoms in total. The number of alkyl halides is 3. The van der Waals surface area contributed by atoms with E-state index in [9.17, 15) is 13.2 Å². The SMILES string of the molecule is CCCCCCCCCCCCCOCC(O)C(F)(F)F. The van der Waals surface area contributed by atoms with Crippen LogP contribution in [0.2, 0.25) is 0 Å². The van der Waals surface area contributed by atoms with Gasteiger partial charge in [-0.05, 0) is 6.42 Å². The molecular formula is C16H31F3O2. The Labute approximate surface area is 127 Å². The molecule has 0 aromatic rings. The summed E-state index contributed by atoms with van der Waals surface area (Å²) in [5.41, 5.74) is 0. The Kier molecular flexibility index (Phi) is 13.2. The number of aliphatic hydroxyl groups is 1. The summed E-state index contributed by atoms with van der Waals surface area (Å²) in [6.07, 6.45) is 6.28. The fourth-order valence-electron chi connectivity index (χ4n) is 2.16. The zero-order valence-corrected chi connectivity index (χ0v) is 13.3. The molecule has 0 aliphatic carbocycles. The number of halogens is 3. The van der Waals surface area contributed by atoms with E-state index in [1.807, 2.05) is 0 Å². The second-order valence-corrected chi connectivity index (χ2v) is 5.67. The van der Waals surface area contributed by atoms with Crippen LogP contribution in [0.3, 0.4) is 0 Å². The monoisotopic (exact) mass is 312 g/mol. The van der Waals surface area contributed by atoms with Gasteiger partial charge >= 0.3 is 6.18 Å². The van der Waals surface area contributed by atoms with E-state index < -0.39 is 18.9 Å². The standard InChI is InChI=1S/C16H31F3O2/c1-2-3-4-5-6-7-8-9-10-11-12-13-21-14-15(20)16(17,18)19/h15,20H,2-14H2,1H3. The summed E-state index contributed by atoms with van der Waals surface area (Å²) in [4.78, 5) is 0. The first-order valence-electron chi connectivity index (χ1n) is 8.31. The minimum absolute atomic E-state index is 0.296. The van der Waals surface area contributed by atoms with Crippen LogP contribution in [-0.2, 0) is 4.74 Å². The molecule has 0 amide bonds. The predicted molar refractivity (Wildman–Crippen MR) is 79.3 cm³/mol. The molecule has 1 unspecified atom stereocenters. The van der Waals surface area contributed by atoms with E-state index in [1.165, 1.54) is 51.4 Å². The first-order chi connectivity index (χ1) is 9.98. The highest BCUT2D eigenvalue weighted by Gasteiger charge is 2.38. The molecule has 0 heterocycles. The number of rotatable bonds is 14. The maximum Gasteiger partial charge on any atom is 0.416 e. The molecule has 1 N–H and O–H groups in total. The number of ether oxygens (including phenoxy) is 1. The fraction of sp³-hybridized carbons (Fsp3) is 1.00. The molecular weight excluding hydrogens is 281 g/mol. The molecule has 0 aromatic carbocycles. The third-order valence-electron chi connectivity index (χ3n) is 3.55. The van der Waals surface area contributed by atoms with E-state index in [1.54, 1.807) is 0 Å². The van der Waals surface area contributed by atoms with Crippen LogP contribution < -0.4 is 0 Å². The molecule has 0 aromatic heterocycles. The van der Waals surface area contributed by atoms with Crippen LogP contribution in [-0.4, -0.2) is 30.6 Å². The van der Waals surface area contributed by atoms with Gasteiger partial charge in [-0.1, -0.05) is 71.1 Å². The average molecular weight is 312 g/mol. The Hall–Kier alpha value is -0.290. The van der Waals surface area contributed by atoms with Crippen molar-refractivity contribution in [3.8, 4) is 0 Å². The summed E-state index contributed by atoms with van der Waals surface area (Å²) in [6.45, 7) is 1.86. The zero-order valence-electron chi connectivity index (χ0n) is 13.3. The minimum Gasteiger partial charge on any atom is -0.382 e. The highest BCUT2D eigenvalue weighted by atomic mass is 19.4. The largest absolute Gasteiger partial charge is 0.416 e. The van der Waals surface area contributed by atoms with Crippen LogP contribution in [0, 0.1) is 0 Å². The Morgan fingerprint density at radius 2 is 1.24 bits per heavy atom. The van der Waals surface area contributed by atoms with Crippen LogP contribution in [0.25, 0.3) is 0 Å². The van der Waals surface area contributed by atoms with Crippen molar-refractivity contribution >= 4 is 0 Å². The molecule has 0 radical (unpaired) electrons. The van der Waals surface area contributed by atoms with Crippen LogP contribution in [0.1, 0.15) is 77.6 Å². The molecule has 1 atom stereocenters. The smallest absolute Gasteiger partial charge is 0.382 e. The topological polar surface area (TPSA) is 29.5 Å². The van der Waals surface area contributed by atoms with Crippen molar-refractivity contribution in [2.24, 2.45) is 0 Å². The van der Waals surface area contributed by atoms with Crippen molar-refractivity contribution in [1.29, 1.82) is 0 Å². The van der Waals surface area contributed by atoms with Crippen molar-refractivity contribution in [3.63, 3.8) is 0 Å². The van der Waals surface area contributed by atoms with Gasteiger partial charge in [0, 0.05) is 6.61 Å². The first kappa shape index (κ1) is 20.7. The van der Waals surface area contributed by atoms with Gasteiger partial charge in [-0.15, -0.1) is 0 Å². The summed E-state index contributed by atoms with van der Waals surface area (Å²) in [6, 6.07) is 0. The zero-order chi connectivity index (χ0) is 16.0. The molecule has 0 bridgehead atoms. The molecule has 0 aliphatic rings. The van der Waals surface area contributed by atoms with Gasteiger partial charge in [0.25, 0.3) is 0 Å². The summed E-state index contributed by atoms with van der Waals surface area (Å²) in [5, 5.41) is 8.71. The van der Waals surface area contributed by atoms with E-state index in [0.29, 0.717) is 6.61 Å². The van der Waals surface area contributed by atoms with E-state index in [4.69, 9.17) is 9.84 Å². The highest BCUT2D eigenvalue weighted by Crippen LogP contribution is 2.20. The van der Waals surface area contributed by atoms with Crippen molar-refractivity contribution in [1.82, 2.24) is 0 Å². The van der Waals surface area contributed by atoms with Crippen LogP contribution in [0.5, 0.6) is 0 Å². The Morgan fingerprint density at radius 3 is 1.67 bits per heavy atom. The van der Waals surface area contributed by atoms with E-state index in [-0.39, 0.29) is 0 Å². The molecule has 0 saturated heterocycles. The molecule has 0 aliphatic heterocycles. The maximum atomic E-state index is 12.0. The molecule has 0 spiro atoms. The van der Waals surface area contributed by atoms with Gasteiger partial charge in [-0.3, -0.25) is 0 Å². The van der Waals surface area contributed by atoms with Crippen LogP contribution in [0.15, 0.2) is 0 Å². The second kappa shape index (κ2) is 13.4. The lowest BCUT2D eigenvalue weighted by atomic mass is 10.1. The van der Waals surface area contributed by atoms with Crippen LogP contribution >= 0.6 is 0 Å². The van der Waals surface area contributed by atoms with Gasteiger partial charge in [-0.2, -0.15) is 13.2 Å². The predicted octanol–water partition coefficient (Wildman–Crippen LogP) is 5.24. The Morgan fingerprint density at radius 1 is 0.810 bits per heavy atom. The number of hydrogen-bond donors (Lipinski definition) is 1. The van der Waals surface area contributed by atoms with Crippen molar-refractivity contribution in [2.45, 2.75) is 89.8 Å². The number of aliphatic hydroxyl groups excluding tert-OH is 1. The molecule has 128 valence electrons. The molecule has 21 heavy (non-hydrogen) atoms. The number of unbranched alkanes of at least 4 members (excludes halogenated alkanes) is 10. The summed E-state index contributed by atoms with van der Waals surface area (Å²) >= 11 is 0. The quantitative estimate of drug-likeness (QED) is 0.445. The van der Waals surface area contributed by atoms with Crippen molar-refractivity contribution in [3.05, 3.63) is 0 Å². The van der Waals surface area contributed by atoms with Crippen LogP contribution in [0.4, 0.5) is 13.2 Å². The van der Waals surface area contributed by atoms with Gasteiger partial charge in [0.1, 0.15) is 0 Å². The minimum atomic E-state index is -4.57. The van der Waals surface area contributed by atoms with Crippen molar-refractivity contribution < 1.29 is 23.0 Å². The third kappa shape index (κ3) is 14.4. The molecule has 0 fully saturated rings. The van der Waals surface area contributed by atoms with Gasteiger partial charge < -0.3 is 9.84 Å². The Bertz CT molecular complexity index is 220. The normalized spacial score (nSPS) is 13.6. The lowest BCUT2D eigenvalue weighted by Gasteiger charge is -2.14. The average Bonchev–Trinajstić information content (AvgIpc) is 2.42. The number of hydrogen-bond acceptors (Lipinski definition) is 2. The summed E-state index contributed by atoms with van der Waals surface area (Å²) in [7, 11) is 0. The van der Waals surface area contributed by atoms with Crippen molar-refractivity contribution in [2.75, 3.05) is 13.2 Å². The molecule has 0 saturated carbocycles. The molecule has 5 heteroatoms. The lowest BCUT2D eigenvalue weighted by molar-refractivity contribution is -0.217. The highest BCUT2D eigenvalue weighted by molar-refractivity contribution is 4.63. The van der Waals surface area contributed by atoms with Gasteiger partial charge in [0.15, 0.2) is 6.10 Å². The fourth-order valence-corrected chi connectivity index (χ4v) is 2.16. The first-order valence-corrected chi connectivity index (χ1v) is 8.31. The lowest BCUT2D eigenvalue weighted by Crippen LogP contribution is -2.33. The summed E-state index contributed by atoms with van der Waals surface area (Å²) in [5.74, 6) is 0. The van der Waals surface area contributed by atoms with E-state index in [0.717, 1.165) is 19.3 Å². The maximum absolute atomic E-state index is 12.0. The summed E-state index contributed by atoms with van der Waals surface area (Å²) < 4.78 is 40.7. The molecule has 0 rings (SSSR count). The van der Waals surface area contributed by atoms with Gasteiger partial charge in [0.05, 0.1) is 6.61 Å². The Balaban J connectivity index is 3.13. The second-order valence-electron chi connectivity index (χ2n) is 5.67. The van der Waals surface area contributed by atoms with Gasteiger partial charge in [-0.25, -0.2) is 0 Å². The van der Waals surface area contributed by atoms with E-state index >= 15 is 0 Å². The van der Waals surface area contributed by atoms with Gasteiger partial charge in [0.2, 0.25) is 0 Å². The van der Waals surface area contributed by atoms with E-state index in [2.05, 4.69) is 6.92 Å². The third-order valence-corrected chi connectivity index (χ3v) is 3.55.